The molecule has 0 spiro atoms. The summed E-state index contributed by atoms with van der Waals surface area (Å²) in [5, 5.41) is 3.59. The molecular weight excluding hydrogens is 262 g/mol. The van der Waals surface area contributed by atoms with Gasteiger partial charge in [0.15, 0.2) is 5.13 Å². The summed E-state index contributed by atoms with van der Waals surface area (Å²) in [7, 11) is 0. The Morgan fingerprint density at radius 1 is 1.53 bits per heavy atom. The predicted octanol–water partition coefficient (Wildman–Crippen LogP) is 1.92. The Balaban J connectivity index is 2.12. The zero-order valence-electron chi connectivity index (χ0n) is 11.5. The Morgan fingerprint density at radius 3 is 2.84 bits per heavy atom. The first-order chi connectivity index (χ1) is 9.15. The van der Waals surface area contributed by atoms with E-state index in [-0.39, 0.29) is 5.91 Å². The Hall–Kier alpha value is -0.980. The highest BCUT2D eigenvalue weighted by atomic mass is 32.1. The molecule has 1 aliphatic heterocycles. The number of ether oxygens (including phenoxy) is 1. The van der Waals surface area contributed by atoms with Crippen molar-refractivity contribution in [3.63, 3.8) is 0 Å². The number of amides is 1. The molecule has 2 heterocycles. The lowest BCUT2D eigenvalue weighted by Gasteiger charge is -2.27. The second-order valence-corrected chi connectivity index (χ2v) is 5.92. The molecule has 3 N–H and O–H groups in total. The largest absolute Gasteiger partial charge is 0.375 e. The van der Waals surface area contributed by atoms with Crippen molar-refractivity contribution in [3.8, 4) is 0 Å². The van der Waals surface area contributed by atoms with Crippen molar-refractivity contribution in [2.75, 3.05) is 18.5 Å². The van der Waals surface area contributed by atoms with Gasteiger partial charge in [0, 0.05) is 13.0 Å². The number of rotatable bonds is 5. The Morgan fingerprint density at radius 2 is 2.26 bits per heavy atom. The van der Waals surface area contributed by atoms with Gasteiger partial charge in [-0.2, -0.15) is 0 Å². The minimum absolute atomic E-state index is 0.0213. The van der Waals surface area contributed by atoms with E-state index < -0.39 is 5.41 Å². The van der Waals surface area contributed by atoms with Gasteiger partial charge in [0.05, 0.1) is 29.2 Å². The van der Waals surface area contributed by atoms with Crippen molar-refractivity contribution >= 4 is 22.4 Å². The Labute approximate surface area is 117 Å². The van der Waals surface area contributed by atoms with Crippen LogP contribution < -0.4 is 11.1 Å². The highest BCUT2D eigenvalue weighted by molar-refractivity contribution is 7.15. The lowest BCUT2D eigenvalue weighted by atomic mass is 9.81. The molecule has 1 aliphatic rings. The molecule has 19 heavy (non-hydrogen) atoms. The van der Waals surface area contributed by atoms with E-state index in [0.29, 0.717) is 24.9 Å². The van der Waals surface area contributed by atoms with Crippen molar-refractivity contribution in [1.82, 2.24) is 4.98 Å². The number of nitrogens with one attached hydrogen (secondary N) is 1. The second-order valence-electron chi connectivity index (χ2n) is 4.84. The van der Waals surface area contributed by atoms with Gasteiger partial charge in [-0.15, -0.1) is 0 Å². The first-order valence-corrected chi connectivity index (χ1v) is 7.54. The highest BCUT2D eigenvalue weighted by Crippen LogP contribution is 2.30. The van der Waals surface area contributed by atoms with Gasteiger partial charge in [-0.3, -0.25) is 4.79 Å². The predicted molar refractivity (Wildman–Crippen MR) is 76.2 cm³/mol. The van der Waals surface area contributed by atoms with Crippen LogP contribution in [0.3, 0.4) is 0 Å². The van der Waals surface area contributed by atoms with Crippen molar-refractivity contribution in [1.29, 1.82) is 0 Å². The van der Waals surface area contributed by atoms with Crippen molar-refractivity contribution in [3.05, 3.63) is 10.6 Å². The third kappa shape index (κ3) is 2.80. The number of nitrogens with two attached hydrogens (primary N) is 1. The molecular formula is C13H21N3O2S. The molecule has 106 valence electrons. The van der Waals surface area contributed by atoms with Crippen molar-refractivity contribution < 1.29 is 9.53 Å². The minimum Gasteiger partial charge on any atom is -0.375 e. The molecule has 0 saturated carbocycles. The van der Waals surface area contributed by atoms with E-state index in [2.05, 4.69) is 10.3 Å². The van der Waals surface area contributed by atoms with Gasteiger partial charge in [-0.25, -0.2) is 4.98 Å². The summed E-state index contributed by atoms with van der Waals surface area (Å²) in [6.07, 6.45) is 2.30. The number of carbonyl (C=O) groups is 1. The molecule has 1 amide bonds. The van der Waals surface area contributed by atoms with Gasteiger partial charge < -0.3 is 15.8 Å². The molecule has 6 heteroatoms. The average Bonchev–Trinajstić information content (AvgIpc) is 2.83. The van der Waals surface area contributed by atoms with Crippen LogP contribution in [0.15, 0.2) is 0 Å². The summed E-state index contributed by atoms with van der Waals surface area (Å²) in [6.45, 7) is 5.67. The summed E-state index contributed by atoms with van der Waals surface area (Å²) in [4.78, 5) is 18.0. The summed E-state index contributed by atoms with van der Waals surface area (Å²) in [5.41, 5.74) is 6.35. The van der Waals surface area contributed by atoms with Gasteiger partial charge in [-0.1, -0.05) is 25.2 Å². The van der Waals surface area contributed by atoms with E-state index in [1.165, 1.54) is 11.3 Å². The van der Waals surface area contributed by atoms with Gasteiger partial charge >= 0.3 is 0 Å². The zero-order chi connectivity index (χ0) is 13.9. The fourth-order valence-electron chi connectivity index (χ4n) is 2.26. The summed E-state index contributed by atoms with van der Waals surface area (Å²) in [6, 6.07) is 0. The maximum Gasteiger partial charge on any atom is 0.233 e. The number of fused-ring (bicyclic) bond motifs is 1. The van der Waals surface area contributed by atoms with Gasteiger partial charge in [0.25, 0.3) is 0 Å². The first kappa shape index (κ1) is 14.4. The molecule has 0 radical (unpaired) electrons. The average molecular weight is 283 g/mol. The molecule has 1 aromatic rings. The topological polar surface area (TPSA) is 77.2 Å². The normalized spacial score (nSPS) is 15.1. The number of carbonyl (C=O) groups excluding carboxylic acids is 1. The van der Waals surface area contributed by atoms with Crippen LogP contribution in [0, 0.1) is 5.41 Å². The molecule has 0 unspecified atom stereocenters. The number of nitrogens with zero attached hydrogens (tertiary/aromatic N) is 1. The van der Waals surface area contributed by atoms with E-state index in [1.807, 2.05) is 13.8 Å². The molecule has 0 aromatic carbocycles. The smallest absolute Gasteiger partial charge is 0.233 e. The zero-order valence-corrected chi connectivity index (χ0v) is 12.3. The van der Waals surface area contributed by atoms with Crippen LogP contribution in [-0.2, 0) is 22.6 Å². The molecule has 0 atom stereocenters. The molecule has 5 nitrogen and oxygen atoms in total. The van der Waals surface area contributed by atoms with Crippen LogP contribution >= 0.6 is 11.3 Å². The summed E-state index contributed by atoms with van der Waals surface area (Å²) < 4.78 is 5.38. The van der Waals surface area contributed by atoms with E-state index in [9.17, 15) is 4.79 Å². The number of aromatic nitrogens is 1. The van der Waals surface area contributed by atoms with Crippen molar-refractivity contribution in [2.24, 2.45) is 11.1 Å². The number of anilines is 1. The van der Waals surface area contributed by atoms with Crippen LogP contribution in [-0.4, -0.2) is 24.0 Å². The molecule has 0 aliphatic carbocycles. The van der Waals surface area contributed by atoms with E-state index in [1.54, 1.807) is 0 Å². The van der Waals surface area contributed by atoms with Crippen LogP contribution in [0.25, 0.3) is 0 Å². The molecule has 2 rings (SSSR count). The number of hydrogen-bond acceptors (Lipinski definition) is 5. The first-order valence-electron chi connectivity index (χ1n) is 6.73. The minimum atomic E-state index is -0.483. The SMILES string of the molecule is CCC(CC)(CN)C(=O)Nc1nc2c(s1)COCC2. The fourth-order valence-corrected chi connectivity index (χ4v) is 3.20. The maximum absolute atomic E-state index is 12.4. The molecule has 1 aromatic heterocycles. The lowest BCUT2D eigenvalue weighted by molar-refractivity contribution is -0.125. The quantitative estimate of drug-likeness (QED) is 0.865. The van der Waals surface area contributed by atoms with Crippen LogP contribution in [0.1, 0.15) is 37.3 Å². The van der Waals surface area contributed by atoms with Gasteiger partial charge in [0.1, 0.15) is 0 Å². The summed E-state index contributed by atoms with van der Waals surface area (Å²) in [5.74, 6) is -0.0213. The standard InChI is InChI=1S/C13H21N3O2S/c1-3-13(4-2,8-14)11(17)16-12-15-9-5-6-18-7-10(9)19-12/h3-8,14H2,1-2H3,(H,15,16,17). The van der Waals surface area contributed by atoms with E-state index >= 15 is 0 Å². The van der Waals surface area contributed by atoms with Crippen LogP contribution in [0.5, 0.6) is 0 Å². The van der Waals surface area contributed by atoms with E-state index in [0.717, 1.165) is 29.8 Å². The third-order valence-corrected chi connectivity index (χ3v) is 4.93. The monoisotopic (exact) mass is 283 g/mol. The number of thiazole rings is 1. The molecule has 0 saturated heterocycles. The Bertz CT molecular complexity index is 423. The number of hydrogen-bond donors (Lipinski definition) is 2. The van der Waals surface area contributed by atoms with Gasteiger partial charge in [0.2, 0.25) is 5.91 Å². The van der Waals surface area contributed by atoms with Crippen LogP contribution in [0.4, 0.5) is 5.13 Å². The second kappa shape index (κ2) is 5.98. The third-order valence-electron chi connectivity index (χ3n) is 3.94. The molecule has 0 bridgehead atoms. The maximum atomic E-state index is 12.4. The Kier molecular flexibility index (Phi) is 4.54. The van der Waals surface area contributed by atoms with Crippen molar-refractivity contribution in [2.45, 2.75) is 39.7 Å². The highest BCUT2D eigenvalue weighted by Gasteiger charge is 2.34. The van der Waals surface area contributed by atoms with E-state index in [4.69, 9.17) is 10.5 Å². The fraction of sp³-hybridized carbons (Fsp3) is 0.692. The lowest BCUT2D eigenvalue weighted by Crippen LogP contribution is -2.41. The summed E-state index contributed by atoms with van der Waals surface area (Å²) >= 11 is 1.50. The molecule has 0 fully saturated rings. The van der Waals surface area contributed by atoms with Gasteiger partial charge in [-0.05, 0) is 12.8 Å². The van der Waals surface area contributed by atoms with Crippen LogP contribution in [0.2, 0.25) is 0 Å².